The van der Waals surface area contributed by atoms with E-state index in [0.29, 0.717) is 40.0 Å². The first-order valence-electron chi connectivity index (χ1n) is 20.3. The third kappa shape index (κ3) is 8.88. The van der Waals surface area contributed by atoms with Crippen molar-refractivity contribution in [1.29, 1.82) is 5.26 Å². The van der Waals surface area contributed by atoms with E-state index in [0.717, 1.165) is 30.2 Å². The molecule has 0 saturated carbocycles. The zero-order valence-corrected chi connectivity index (χ0v) is 34.6. The van der Waals surface area contributed by atoms with Crippen LogP contribution in [0.4, 0.5) is 8.78 Å². The molecule has 0 bridgehead atoms. The van der Waals surface area contributed by atoms with Crippen molar-refractivity contribution in [3.05, 3.63) is 107 Å². The summed E-state index contributed by atoms with van der Waals surface area (Å²) in [6.45, 7) is 6.76. The third-order valence-electron chi connectivity index (χ3n) is 11.3. The SMILES string of the molecule is CCC(=O)OC(C)OC(=O)C(c1ccc(F)cc1)C(C)(C)NC(=O)[C@@H](Cc1cnn(C)c1)N1CCc2c(-c3cc4cnn(C5CCCCO5)c4cc3C#N)ccc(F)c2C1=O. The van der Waals surface area contributed by atoms with Gasteiger partial charge in [0, 0.05) is 57.1 Å². The molecule has 2 aliphatic rings. The monoisotopic (exact) mass is 835 g/mol. The Morgan fingerprint density at radius 3 is 2.49 bits per heavy atom. The van der Waals surface area contributed by atoms with Gasteiger partial charge in [-0.25, -0.2) is 13.5 Å². The Morgan fingerprint density at radius 1 is 1.05 bits per heavy atom. The second-order valence-corrected chi connectivity index (χ2v) is 16.0. The summed E-state index contributed by atoms with van der Waals surface area (Å²) in [5.74, 6) is -5.43. The molecule has 0 spiro atoms. The van der Waals surface area contributed by atoms with Crippen molar-refractivity contribution in [2.45, 2.75) is 96.2 Å². The highest BCUT2D eigenvalue weighted by Gasteiger charge is 2.44. The van der Waals surface area contributed by atoms with E-state index in [9.17, 15) is 28.8 Å². The number of nitriles is 1. The summed E-state index contributed by atoms with van der Waals surface area (Å²) in [7, 11) is 1.71. The molecular formula is C45H47F2N7O7. The molecule has 3 unspecified atom stereocenters. The highest BCUT2D eigenvalue weighted by molar-refractivity contribution is 6.02. The number of halogens is 2. The van der Waals surface area contributed by atoms with Gasteiger partial charge in [-0.05, 0) is 92.1 Å². The summed E-state index contributed by atoms with van der Waals surface area (Å²) in [5, 5.41) is 22.9. The van der Waals surface area contributed by atoms with Crippen LogP contribution in [0, 0.1) is 23.0 Å². The molecule has 7 rings (SSSR count). The van der Waals surface area contributed by atoms with Gasteiger partial charge in [0.05, 0.1) is 40.6 Å². The number of rotatable bonds is 13. The lowest BCUT2D eigenvalue weighted by atomic mass is 9.81. The van der Waals surface area contributed by atoms with Crippen LogP contribution >= 0.6 is 0 Å². The van der Waals surface area contributed by atoms with Crippen molar-refractivity contribution in [3.8, 4) is 17.2 Å². The number of fused-ring (bicyclic) bond motifs is 2. The summed E-state index contributed by atoms with van der Waals surface area (Å²) in [6.07, 6.45) is 6.38. The number of aromatic nitrogens is 4. The molecule has 1 saturated heterocycles. The minimum atomic E-state index is -1.45. The van der Waals surface area contributed by atoms with Crippen LogP contribution < -0.4 is 5.32 Å². The van der Waals surface area contributed by atoms with E-state index >= 15 is 4.39 Å². The highest BCUT2D eigenvalue weighted by Crippen LogP contribution is 2.38. The van der Waals surface area contributed by atoms with Crippen molar-refractivity contribution in [1.82, 2.24) is 29.8 Å². The number of carbonyl (C=O) groups excluding carboxylic acids is 4. The summed E-state index contributed by atoms with van der Waals surface area (Å²) in [4.78, 5) is 56.5. The highest BCUT2D eigenvalue weighted by atomic mass is 19.1. The Labute approximate surface area is 351 Å². The van der Waals surface area contributed by atoms with Gasteiger partial charge in [-0.15, -0.1) is 0 Å². The first kappa shape index (κ1) is 42.6. The van der Waals surface area contributed by atoms with Gasteiger partial charge in [0.1, 0.15) is 23.6 Å². The quantitative estimate of drug-likeness (QED) is 0.103. The molecular weight excluding hydrogens is 789 g/mol. The number of ether oxygens (including phenoxy) is 3. The summed E-state index contributed by atoms with van der Waals surface area (Å²) in [6, 6.07) is 12.5. The molecule has 1 N–H and O–H groups in total. The molecule has 0 aliphatic carbocycles. The van der Waals surface area contributed by atoms with Crippen LogP contribution in [-0.4, -0.2) is 79.2 Å². The van der Waals surface area contributed by atoms with Gasteiger partial charge < -0.3 is 24.4 Å². The van der Waals surface area contributed by atoms with Crippen molar-refractivity contribution in [3.63, 3.8) is 0 Å². The number of carbonyl (C=O) groups is 4. The van der Waals surface area contributed by atoms with E-state index in [1.165, 1.54) is 42.2 Å². The molecule has 4 atom stereocenters. The molecule has 5 aromatic rings. The Hall–Kier alpha value is -6.47. The number of nitrogens with zero attached hydrogens (tertiary/aromatic N) is 6. The van der Waals surface area contributed by atoms with E-state index < -0.39 is 59.2 Å². The molecule has 318 valence electrons. The average Bonchev–Trinajstić information content (AvgIpc) is 3.85. The lowest BCUT2D eigenvalue weighted by molar-refractivity contribution is -0.186. The number of hydrogen-bond donors (Lipinski definition) is 1. The molecule has 14 nitrogen and oxygen atoms in total. The fraction of sp³-hybridized carbons (Fsp3) is 0.400. The van der Waals surface area contributed by atoms with Gasteiger partial charge in [0.25, 0.3) is 5.91 Å². The summed E-state index contributed by atoms with van der Waals surface area (Å²) in [5.41, 5.74) is 1.71. The van der Waals surface area contributed by atoms with Gasteiger partial charge >= 0.3 is 11.9 Å². The van der Waals surface area contributed by atoms with Crippen LogP contribution in [0.25, 0.3) is 22.0 Å². The molecule has 2 amide bonds. The molecule has 0 radical (unpaired) electrons. The number of nitrogens with one attached hydrogen (secondary N) is 1. The second kappa shape index (κ2) is 17.6. The maximum atomic E-state index is 16.1. The molecule has 3 aromatic carbocycles. The lowest BCUT2D eigenvalue weighted by Crippen LogP contribution is -2.59. The van der Waals surface area contributed by atoms with E-state index in [-0.39, 0.29) is 37.6 Å². The Morgan fingerprint density at radius 2 is 1.82 bits per heavy atom. The first-order chi connectivity index (χ1) is 29.2. The maximum Gasteiger partial charge on any atom is 0.318 e. The minimum Gasteiger partial charge on any atom is -0.425 e. The normalized spacial score (nSPS) is 16.9. The summed E-state index contributed by atoms with van der Waals surface area (Å²) >= 11 is 0. The fourth-order valence-electron chi connectivity index (χ4n) is 8.34. The molecule has 16 heteroatoms. The molecule has 4 heterocycles. The van der Waals surface area contributed by atoms with Crippen molar-refractivity contribution in [2.75, 3.05) is 13.2 Å². The van der Waals surface area contributed by atoms with Crippen LogP contribution in [0.3, 0.4) is 0 Å². The molecule has 1 fully saturated rings. The fourth-order valence-corrected chi connectivity index (χ4v) is 8.34. The number of esters is 2. The Kier molecular flexibility index (Phi) is 12.3. The van der Waals surface area contributed by atoms with Gasteiger partial charge in [-0.1, -0.05) is 25.1 Å². The van der Waals surface area contributed by atoms with Gasteiger partial charge in [-0.3, -0.25) is 23.9 Å². The number of aryl methyl sites for hydroxylation is 1. The molecule has 2 aliphatic heterocycles. The average molecular weight is 836 g/mol. The van der Waals surface area contributed by atoms with E-state index in [2.05, 4.69) is 21.6 Å². The van der Waals surface area contributed by atoms with Crippen LogP contribution in [0.15, 0.2) is 67.1 Å². The van der Waals surface area contributed by atoms with E-state index in [1.54, 1.807) is 67.9 Å². The Balaban J connectivity index is 1.22. The zero-order chi connectivity index (χ0) is 43.6. The predicted molar refractivity (Wildman–Crippen MR) is 217 cm³/mol. The number of benzene rings is 3. The Bertz CT molecular complexity index is 2520. The molecule has 2 aromatic heterocycles. The van der Waals surface area contributed by atoms with Gasteiger partial charge in [0.15, 0.2) is 6.23 Å². The number of hydrogen-bond acceptors (Lipinski definition) is 10. The minimum absolute atomic E-state index is 0.00584. The van der Waals surface area contributed by atoms with Crippen molar-refractivity contribution >= 4 is 34.7 Å². The van der Waals surface area contributed by atoms with Gasteiger partial charge in [-0.2, -0.15) is 15.5 Å². The summed E-state index contributed by atoms with van der Waals surface area (Å²) < 4.78 is 50.1. The van der Waals surface area contributed by atoms with Crippen LogP contribution in [0.5, 0.6) is 0 Å². The van der Waals surface area contributed by atoms with Crippen LogP contribution in [-0.2, 0) is 48.5 Å². The topological polar surface area (TPSA) is 171 Å². The third-order valence-corrected chi connectivity index (χ3v) is 11.3. The predicted octanol–water partition coefficient (Wildman–Crippen LogP) is 6.42. The zero-order valence-electron chi connectivity index (χ0n) is 34.6. The molecule has 61 heavy (non-hydrogen) atoms. The van der Waals surface area contributed by atoms with Crippen molar-refractivity contribution < 1.29 is 42.2 Å². The smallest absolute Gasteiger partial charge is 0.318 e. The van der Waals surface area contributed by atoms with Gasteiger partial charge in [0.2, 0.25) is 12.2 Å². The first-order valence-corrected chi connectivity index (χ1v) is 20.3. The largest absolute Gasteiger partial charge is 0.425 e. The van der Waals surface area contributed by atoms with E-state index in [1.807, 2.05) is 6.07 Å². The number of amides is 2. The van der Waals surface area contributed by atoms with Crippen LogP contribution in [0.2, 0.25) is 0 Å². The lowest BCUT2D eigenvalue weighted by Gasteiger charge is -2.39. The van der Waals surface area contributed by atoms with Crippen LogP contribution in [0.1, 0.15) is 98.1 Å². The maximum absolute atomic E-state index is 16.1. The van der Waals surface area contributed by atoms with E-state index in [4.69, 9.17) is 14.2 Å². The second-order valence-electron chi connectivity index (χ2n) is 16.0. The van der Waals surface area contributed by atoms with Crippen molar-refractivity contribution in [2.24, 2.45) is 7.05 Å². The standard InChI is InChI=1S/C45H47F2N7O7/c1-6-39(55)60-26(2)61-44(58)41(28-10-12-31(46)13-11-28)45(3,4)51-42(56)37(19-27-23-49-52(5)25-27)53-17-16-33-32(14-15-35(47)40(33)43(53)57)34-20-30-24-50-54(36(30)21-29(34)22-48)38-9-7-8-18-59-38/h10-15,20-21,23-26,37-38,41H,6-9,16-19H2,1-5H3,(H,51,56)/t26?,37-,38?,41?/m1/s1.